The molecule has 1 saturated carbocycles. The van der Waals surface area contributed by atoms with Gasteiger partial charge in [-0.15, -0.1) is 0 Å². The molecule has 1 fully saturated rings. The second-order valence-corrected chi connectivity index (χ2v) is 4.68. The van der Waals surface area contributed by atoms with Gasteiger partial charge in [-0.2, -0.15) is 0 Å². The molecule has 0 radical (unpaired) electrons. The summed E-state index contributed by atoms with van der Waals surface area (Å²) in [6.45, 7) is 5.48. The highest BCUT2D eigenvalue weighted by Gasteiger charge is 2.26. The smallest absolute Gasteiger partial charge is 0.169 e. The van der Waals surface area contributed by atoms with Gasteiger partial charge in [0.25, 0.3) is 0 Å². The molecule has 0 amide bonds. The van der Waals surface area contributed by atoms with E-state index in [1.54, 1.807) is 14.2 Å². The van der Waals surface area contributed by atoms with E-state index >= 15 is 0 Å². The Labute approximate surface area is 93.5 Å². The van der Waals surface area contributed by atoms with Gasteiger partial charge < -0.3 is 14.8 Å². The van der Waals surface area contributed by atoms with E-state index in [9.17, 15) is 0 Å². The zero-order valence-electron chi connectivity index (χ0n) is 10.5. The SMILES string of the molecule is COC(CNC1CCCC(C)C1C)OC. The van der Waals surface area contributed by atoms with Gasteiger partial charge in [-0.05, 0) is 18.3 Å². The number of methoxy groups -OCH3 is 2. The zero-order valence-corrected chi connectivity index (χ0v) is 10.5. The Bertz CT molecular complexity index is 171. The topological polar surface area (TPSA) is 30.5 Å². The average Bonchev–Trinajstić information content (AvgIpc) is 2.25. The van der Waals surface area contributed by atoms with Crippen molar-refractivity contribution in [2.45, 2.75) is 45.4 Å². The van der Waals surface area contributed by atoms with Gasteiger partial charge in [-0.25, -0.2) is 0 Å². The molecule has 1 aliphatic carbocycles. The van der Waals surface area contributed by atoms with Crippen LogP contribution in [0.5, 0.6) is 0 Å². The normalized spacial score (nSPS) is 32.2. The van der Waals surface area contributed by atoms with Crippen LogP contribution in [0.4, 0.5) is 0 Å². The lowest BCUT2D eigenvalue weighted by Crippen LogP contribution is -2.44. The summed E-state index contributed by atoms with van der Waals surface area (Å²) in [5, 5.41) is 3.55. The quantitative estimate of drug-likeness (QED) is 0.712. The third-order valence-electron chi connectivity index (χ3n) is 3.78. The van der Waals surface area contributed by atoms with Gasteiger partial charge in [0.05, 0.1) is 0 Å². The summed E-state index contributed by atoms with van der Waals surface area (Å²) in [6.07, 6.45) is 3.88. The van der Waals surface area contributed by atoms with E-state index < -0.39 is 0 Å². The minimum atomic E-state index is -0.116. The van der Waals surface area contributed by atoms with Crippen molar-refractivity contribution >= 4 is 0 Å². The van der Waals surface area contributed by atoms with Gasteiger partial charge in [0.1, 0.15) is 0 Å². The Morgan fingerprint density at radius 1 is 1.20 bits per heavy atom. The first kappa shape index (κ1) is 12.9. The molecule has 0 aliphatic heterocycles. The number of ether oxygens (including phenoxy) is 2. The van der Waals surface area contributed by atoms with Crippen molar-refractivity contribution in [3.63, 3.8) is 0 Å². The Hall–Kier alpha value is -0.120. The standard InChI is InChI=1S/C12H25NO2/c1-9-6-5-7-11(10(9)2)13-8-12(14-3)15-4/h9-13H,5-8H2,1-4H3. The Balaban J connectivity index is 2.30. The van der Waals surface area contributed by atoms with Gasteiger partial charge in [0, 0.05) is 26.8 Å². The van der Waals surface area contributed by atoms with E-state index in [1.165, 1.54) is 19.3 Å². The van der Waals surface area contributed by atoms with Gasteiger partial charge >= 0.3 is 0 Å². The summed E-state index contributed by atoms with van der Waals surface area (Å²) in [6, 6.07) is 0.626. The number of nitrogens with one attached hydrogen (secondary N) is 1. The monoisotopic (exact) mass is 215 g/mol. The third-order valence-corrected chi connectivity index (χ3v) is 3.78. The van der Waals surface area contributed by atoms with Crippen LogP contribution < -0.4 is 5.32 Å². The van der Waals surface area contributed by atoms with Crippen molar-refractivity contribution < 1.29 is 9.47 Å². The molecule has 0 spiro atoms. The molecule has 0 aromatic carbocycles. The van der Waals surface area contributed by atoms with E-state index in [1.807, 2.05) is 0 Å². The Kier molecular flexibility index (Phi) is 5.58. The van der Waals surface area contributed by atoms with Crippen LogP contribution in [0.2, 0.25) is 0 Å². The first-order chi connectivity index (χ1) is 7.19. The number of hydrogen-bond donors (Lipinski definition) is 1. The highest BCUT2D eigenvalue weighted by Crippen LogP contribution is 2.29. The summed E-state index contributed by atoms with van der Waals surface area (Å²) in [4.78, 5) is 0. The van der Waals surface area contributed by atoms with Crippen LogP contribution >= 0.6 is 0 Å². The van der Waals surface area contributed by atoms with Crippen LogP contribution in [0, 0.1) is 11.8 Å². The maximum absolute atomic E-state index is 5.17. The summed E-state index contributed by atoms with van der Waals surface area (Å²) in [5.74, 6) is 1.59. The molecule has 0 aromatic heterocycles. The summed E-state index contributed by atoms with van der Waals surface area (Å²) in [5.41, 5.74) is 0. The molecule has 1 N–H and O–H groups in total. The van der Waals surface area contributed by atoms with Crippen molar-refractivity contribution in [2.24, 2.45) is 11.8 Å². The molecule has 90 valence electrons. The molecule has 1 aliphatic rings. The van der Waals surface area contributed by atoms with Crippen LogP contribution in [-0.4, -0.2) is 33.1 Å². The van der Waals surface area contributed by atoms with Crippen LogP contribution in [0.3, 0.4) is 0 Å². The van der Waals surface area contributed by atoms with Crippen LogP contribution in [0.25, 0.3) is 0 Å². The van der Waals surface area contributed by atoms with Gasteiger partial charge in [-0.3, -0.25) is 0 Å². The third kappa shape index (κ3) is 3.74. The van der Waals surface area contributed by atoms with E-state index in [0.717, 1.165) is 18.4 Å². The molecule has 3 heteroatoms. The van der Waals surface area contributed by atoms with E-state index in [4.69, 9.17) is 9.47 Å². The van der Waals surface area contributed by atoms with E-state index in [2.05, 4.69) is 19.2 Å². The highest BCUT2D eigenvalue weighted by atomic mass is 16.7. The second-order valence-electron chi connectivity index (χ2n) is 4.68. The molecule has 3 nitrogen and oxygen atoms in total. The second kappa shape index (κ2) is 6.46. The lowest BCUT2D eigenvalue weighted by molar-refractivity contribution is -0.101. The molecule has 3 unspecified atom stereocenters. The summed E-state index contributed by atoms with van der Waals surface area (Å²) >= 11 is 0. The first-order valence-electron chi connectivity index (χ1n) is 5.98. The predicted octanol–water partition coefficient (Wildman–Crippen LogP) is 2.02. The lowest BCUT2D eigenvalue weighted by atomic mass is 9.78. The molecule has 0 bridgehead atoms. The van der Waals surface area contributed by atoms with Crippen molar-refractivity contribution in [3.05, 3.63) is 0 Å². The number of hydrogen-bond acceptors (Lipinski definition) is 3. The molecule has 0 saturated heterocycles. The van der Waals surface area contributed by atoms with Gasteiger partial charge in [0.2, 0.25) is 0 Å². The minimum absolute atomic E-state index is 0.116. The van der Waals surface area contributed by atoms with Gasteiger partial charge in [0.15, 0.2) is 6.29 Å². The number of rotatable bonds is 5. The average molecular weight is 215 g/mol. The van der Waals surface area contributed by atoms with Crippen molar-refractivity contribution in [2.75, 3.05) is 20.8 Å². The summed E-state index contributed by atoms with van der Waals surface area (Å²) < 4.78 is 10.3. The maximum Gasteiger partial charge on any atom is 0.169 e. The van der Waals surface area contributed by atoms with E-state index in [0.29, 0.717) is 6.04 Å². The molecular weight excluding hydrogens is 190 g/mol. The fourth-order valence-corrected chi connectivity index (χ4v) is 2.38. The molecule has 1 rings (SSSR count). The van der Waals surface area contributed by atoms with Crippen LogP contribution in [0.15, 0.2) is 0 Å². The lowest BCUT2D eigenvalue weighted by Gasteiger charge is -2.35. The Morgan fingerprint density at radius 2 is 1.87 bits per heavy atom. The summed E-state index contributed by atoms with van der Waals surface area (Å²) in [7, 11) is 3.37. The van der Waals surface area contributed by atoms with Crippen LogP contribution in [0.1, 0.15) is 33.1 Å². The largest absolute Gasteiger partial charge is 0.355 e. The maximum atomic E-state index is 5.17. The van der Waals surface area contributed by atoms with E-state index in [-0.39, 0.29) is 6.29 Å². The predicted molar refractivity (Wildman–Crippen MR) is 61.8 cm³/mol. The molecule has 3 atom stereocenters. The van der Waals surface area contributed by atoms with Crippen LogP contribution in [-0.2, 0) is 9.47 Å². The highest BCUT2D eigenvalue weighted by molar-refractivity contribution is 4.82. The fraction of sp³-hybridized carbons (Fsp3) is 1.00. The molecule has 0 heterocycles. The van der Waals surface area contributed by atoms with Crippen molar-refractivity contribution in [3.8, 4) is 0 Å². The molecular formula is C12H25NO2. The minimum Gasteiger partial charge on any atom is -0.355 e. The Morgan fingerprint density at radius 3 is 2.47 bits per heavy atom. The molecule has 0 aromatic rings. The van der Waals surface area contributed by atoms with Crippen molar-refractivity contribution in [1.82, 2.24) is 5.32 Å². The fourth-order valence-electron chi connectivity index (χ4n) is 2.38. The van der Waals surface area contributed by atoms with Crippen molar-refractivity contribution in [1.29, 1.82) is 0 Å². The van der Waals surface area contributed by atoms with Gasteiger partial charge in [-0.1, -0.05) is 26.7 Å². The molecule has 15 heavy (non-hydrogen) atoms. The zero-order chi connectivity index (χ0) is 11.3. The first-order valence-corrected chi connectivity index (χ1v) is 5.98.